The van der Waals surface area contributed by atoms with E-state index in [9.17, 15) is 17.6 Å². The van der Waals surface area contributed by atoms with Crippen LogP contribution in [0.2, 0.25) is 0 Å². The summed E-state index contributed by atoms with van der Waals surface area (Å²) in [6.07, 6.45) is 1.27. The van der Waals surface area contributed by atoms with Crippen molar-refractivity contribution in [2.24, 2.45) is 0 Å². The summed E-state index contributed by atoms with van der Waals surface area (Å²) in [4.78, 5) is 14.0. The topological polar surface area (TPSA) is 54.5 Å². The van der Waals surface area contributed by atoms with E-state index in [-0.39, 0.29) is 21.1 Å². The molecule has 0 amide bonds. The second-order valence-electron chi connectivity index (χ2n) is 6.01. The smallest absolute Gasteiger partial charge is 0.214 e. The Hall–Kier alpha value is -3.25. The zero-order valence-electron chi connectivity index (χ0n) is 14.0. The molecule has 0 aromatic heterocycles. The molecule has 0 saturated carbocycles. The summed E-state index contributed by atoms with van der Waals surface area (Å²) in [5.41, 5.74) is 1.06. The monoisotopic (exact) mass is 379 g/mol. The fourth-order valence-electron chi connectivity index (χ4n) is 3.00. The molecular formula is C21H14FNO3S. The van der Waals surface area contributed by atoms with Gasteiger partial charge >= 0.3 is 0 Å². The molecule has 0 bridgehead atoms. The van der Waals surface area contributed by atoms with Crippen LogP contribution in [0.3, 0.4) is 0 Å². The molecule has 0 radical (unpaired) electrons. The lowest BCUT2D eigenvalue weighted by atomic mass is 10.1. The van der Waals surface area contributed by atoms with Crippen LogP contribution in [0.15, 0.2) is 94.9 Å². The lowest BCUT2D eigenvalue weighted by molar-refractivity contribution is 0.104. The molecule has 27 heavy (non-hydrogen) atoms. The van der Waals surface area contributed by atoms with Crippen LogP contribution in [0.4, 0.5) is 15.8 Å². The second kappa shape index (κ2) is 6.48. The third-order valence-electron chi connectivity index (χ3n) is 4.30. The molecule has 0 fully saturated rings. The van der Waals surface area contributed by atoms with E-state index in [1.54, 1.807) is 54.6 Å². The van der Waals surface area contributed by atoms with E-state index in [1.165, 1.54) is 17.2 Å². The number of ketones is 1. The minimum Gasteiger partial charge on any atom is -0.314 e. The maximum absolute atomic E-state index is 13.8. The Morgan fingerprint density at radius 1 is 0.852 bits per heavy atom. The van der Waals surface area contributed by atoms with Crippen molar-refractivity contribution in [1.82, 2.24) is 0 Å². The van der Waals surface area contributed by atoms with Crippen LogP contribution < -0.4 is 4.90 Å². The van der Waals surface area contributed by atoms with Crippen LogP contribution >= 0.6 is 0 Å². The van der Waals surface area contributed by atoms with Gasteiger partial charge in [0, 0.05) is 17.5 Å². The number of sulfone groups is 1. The maximum atomic E-state index is 13.8. The van der Waals surface area contributed by atoms with Crippen molar-refractivity contribution in [3.8, 4) is 0 Å². The van der Waals surface area contributed by atoms with E-state index in [0.717, 1.165) is 12.1 Å². The van der Waals surface area contributed by atoms with E-state index in [1.807, 2.05) is 6.07 Å². The number of fused-ring (bicyclic) bond motifs is 1. The van der Waals surface area contributed by atoms with Gasteiger partial charge in [-0.15, -0.1) is 0 Å². The molecule has 0 N–H and O–H groups in total. The Kier molecular flexibility index (Phi) is 4.12. The number of Topliss-reactive ketones (excluding diaryl/α,β-unsaturated/α-hetero) is 1. The Morgan fingerprint density at radius 3 is 2.15 bits per heavy atom. The first-order valence-corrected chi connectivity index (χ1v) is 9.67. The number of carbonyl (C=O) groups excluding carboxylic acids is 1. The molecule has 1 aliphatic heterocycles. The third kappa shape index (κ3) is 2.94. The van der Waals surface area contributed by atoms with Crippen molar-refractivity contribution >= 4 is 27.0 Å². The molecule has 4 rings (SSSR count). The van der Waals surface area contributed by atoms with Gasteiger partial charge in [-0.05, 0) is 30.3 Å². The largest absolute Gasteiger partial charge is 0.314 e. The van der Waals surface area contributed by atoms with Crippen LogP contribution in [0.1, 0.15) is 10.4 Å². The highest BCUT2D eigenvalue weighted by molar-refractivity contribution is 7.96. The first-order valence-electron chi connectivity index (χ1n) is 8.19. The molecule has 1 heterocycles. The van der Waals surface area contributed by atoms with Crippen molar-refractivity contribution in [1.29, 1.82) is 0 Å². The predicted molar refractivity (Wildman–Crippen MR) is 101 cm³/mol. The van der Waals surface area contributed by atoms with Gasteiger partial charge in [0.2, 0.25) is 15.6 Å². The summed E-state index contributed by atoms with van der Waals surface area (Å²) < 4.78 is 40.0. The van der Waals surface area contributed by atoms with Gasteiger partial charge in [0.1, 0.15) is 10.7 Å². The van der Waals surface area contributed by atoms with E-state index < -0.39 is 21.4 Å². The van der Waals surface area contributed by atoms with E-state index in [0.29, 0.717) is 5.69 Å². The molecule has 0 spiro atoms. The Bertz CT molecular complexity index is 1160. The summed E-state index contributed by atoms with van der Waals surface area (Å²) in [6.45, 7) is 0. The highest BCUT2D eigenvalue weighted by Crippen LogP contribution is 2.40. The lowest BCUT2D eigenvalue weighted by Crippen LogP contribution is -2.26. The van der Waals surface area contributed by atoms with Crippen LogP contribution in [-0.2, 0) is 9.84 Å². The van der Waals surface area contributed by atoms with Crippen LogP contribution in [0, 0.1) is 5.82 Å². The van der Waals surface area contributed by atoms with Crippen molar-refractivity contribution in [2.45, 2.75) is 4.90 Å². The molecular weight excluding hydrogens is 365 g/mol. The minimum atomic E-state index is -4.08. The summed E-state index contributed by atoms with van der Waals surface area (Å²) in [5, 5.41) is 0. The first-order chi connectivity index (χ1) is 13.0. The average Bonchev–Trinajstić information content (AvgIpc) is 2.69. The summed E-state index contributed by atoms with van der Waals surface area (Å²) in [7, 11) is -4.08. The number of halogens is 1. The normalized spacial score (nSPS) is 15.0. The molecule has 1 aliphatic rings. The second-order valence-corrected chi connectivity index (χ2v) is 7.90. The zero-order valence-corrected chi connectivity index (χ0v) is 14.9. The van der Waals surface area contributed by atoms with Gasteiger partial charge in [-0.3, -0.25) is 4.79 Å². The van der Waals surface area contributed by atoms with Gasteiger partial charge in [0.25, 0.3) is 0 Å². The summed E-state index contributed by atoms with van der Waals surface area (Å²) in [6, 6.07) is 20.5. The molecule has 0 atom stereocenters. The first kappa shape index (κ1) is 17.2. The zero-order chi connectivity index (χ0) is 19.0. The number of nitrogens with zero attached hydrogens (tertiary/aromatic N) is 1. The van der Waals surface area contributed by atoms with E-state index in [4.69, 9.17) is 0 Å². The fraction of sp³-hybridized carbons (Fsp3) is 0. The number of para-hydroxylation sites is 1. The van der Waals surface area contributed by atoms with Gasteiger partial charge in [0.05, 0.1) is 10.6 Å². The fourth-order valence-corrected chi connectivity index (χ4v) is 4.52. The minimum absolute atomic E-state index is 0.102. The average molecular weight is 379 g/mol. The van der Waals surface area contributed by atoms with Crippen LogP contribution in [-0.4, -0.2) is 14.2 Å². The lowest BCUT2D eigenvalue weighted by Gasteiger charge is -2.28. The Morgan fingerprint density at radius 2 is 1.48 bits per heavy atom. The van der Waals surface area contributed by atoms with Gasteiger partial charge in [0.15, 0.2) is 0 Å². The number of rotatable bonds is 3. The summed E-state index contributed by atoms with van der Waals surface area (Å²) in [5.74, 6) is -1.16. The molecule has 0 saturated heterocycles. The Balaban J connectivity index is 1.95. The third-order valence-corrected chi connectivity index (χ3v) is 6.09. The number of anilines is 2. The molecule has 134 valence electrons. The highest BCUT2D eigenvalue weighted by atomic mass is 32.2. The Labute approximate surface area is 156 Å². The van der Waals surface area contributed by atoms with E-state index >= 15 is 0 Å². The van der Waals surface area contributed by atoms with Gasteiger partial charge in [-0.1, -0.05) is 48.5 Å². The molecule has 4 nitrogen and oxygen atoms in total. The van der Waals surface area contributed by atoms with Crippen molar-refractivity contribution in [3.05, 3.63) is 101 Å². The summed E-state index contributed by atoms with van der Waals surface area (Å²) >= 11 is 0. The number of hydrogen-bond donors (Lipinski definition) is 0. The van der Waals surface area contributed by atoms with Crippen molar-refractivity contribution in [3.63, 3.8) is 0 Å². The van der Waals surface area contributed by atoms with Gasteiger partial charge in [-0.2, -0.15) is 0 Å². The van der Waals surface area contributed by atoms with Gasteiger partial charge in [-0.25, -0.2) is 12.8 Å². The molecule has 0 unspecified atom stereocenters. The molecule has 3 aromatic rings. The number of carbonyl (C=O) groups is 1. The molecule has 3 aromatic carbocycles. The predicted octanol–water partition coefficient (Wildman–Crippen LogP) is 4.48. The van der Waals surface area contributed by atoms with Gasteiger partial charge < -0.3 is 4.90 Å². The highest BCUT2D eigenvalue weighted by Gasteiger charge is 2.36. The standard InChI is InChI=1S/C21H14FNO3S/c22-16-11-12-19-18(13-16)23(17-9-5-2-6-10-17)14-20(27(19,25)26)21(24)15-7-3-1-4-8-15/h1-14H. The molecule has 6 heteroatoms. The maximum Gasteiger partial charge on any atom is 0.214 e. The van der Waals surface area contributed by atoms with Crippen molar-refractivity contribution < 1.29 is 17.6 Å². The van der Waals surface area contributed by atoms with Crippen LogP contribution in [0.25, 0.3) is 0 Å². The van der Waals surface area contributed by atoms with E-state index in [2.05, 4.69) is 0 Å². The molecule has 0 aliphatic carbocycles. The quantitative estimate of drug-likeness (QED) is 0.498. The number of benzene rings is 3. The van der Waals surface area contributed by atoms with Crippen LogP contribution in [0.5, 0.6) is 0 Å². The van der Waals surface area contributed by atoms with Crippen molar-refractivity contribution in [2.75, 3.05) is 4.90 Å². The number of hydrogen-bond acceptors (Lipinski definition) is 4. The SMILES string of the molecule is O=C(C1=CN(c2ccccc2)c2cc(F)ccc2S1(=O)=O)c1ccccc1. The number of allylic oxidation sites excluding steroid dienone is 1.